The summed E-state index contributed by atoms with van der Waals surface area (Å²) >= 11 is 9.15. The van der Waals surface area contributed by atoms with Crippen LogP contribution in [0.3, 0.4) is 0 Å². The highest BCUT2D eigenvalue weighted by molar-refractivity contribution is 9.10. The molecule has 0 aliphatic heterocycles. The molecule has 1 atom stereocenters. The summed E-state index contributed by atoms with van der Waals surface area (Å²) in [5.41, 5.74) is 0.728. The average Bonchev–Trinajstić information content (AvgIpc) is 2.33. The van der Waals surface area contributed by atoms with Gasteiger partial charge in [0.15, 0.2) is 0 Å². The number of anilines is 1. The molecule has 18 heavy (non-hydrogen) atoms. The van der Waals surface area contributed by atoms with E-state index in [-0.39, 0.29) is 0 Å². The van der Waals surface area contributed by atoms with Crippen LogP contribution >= 0.6 is 27.5 Å². The minimum Gasteiger partial charge on any atom is -0.374 e. The normalized spacial score (nSPS) is 11.6. The predicted molar refractivity (Wildman–Crippen MR) is 74.8 cm³/mol. The van der Waals surface area contributed by atoms with Crippen molar-refractivity contribution < 1.29 is 9.59 Å². The van der Waals surface area contributed by atoms with E-state index in [0.29, 0.717) is 5.02 Å². The molecule has 0 aromatic heterocycles. The Balaban J connectivity index is 2.63. The standard InChI is InChI=1S/C11H13BrClN3O2/c1-6(10(17)16-11(18)14-2)15-7-3-4-9(13)8(12)5-7/h3-6,15H,1-2H3,(H2,14,16,17,18). The van der Waals surface area contributed by atoms with Gasteiger partial charge in [-0.25, -0.2) is 4.79 Å². The molecule has 0 spiro atoms. The van der Waals surface area contributed by atoms with Gasteiger partial charge in [0, 0.05) is 17.2 Å². The second kappa shape index (κ2) is 6.61. The van der Waals surface area contributed by atoms with E-state index in [1.807, 2.05) is 0 Å². The highest BCUT2D eigenvalue weighted by Crippen LogP contribution is 2.25. The van der Waals surface area contributed by atoms with Gasteiger partial charge in [-0.3, -0.25) is 10.1 Å². The molecule has 1 aromatic carbocycles. The predicted octanol–water partition coefficient (Wildman–Crippen LogP) is 2.36. The third kappa shape index (κ3) is 4.19. The summed E-state index contributed by atoms with van der Waals surface area (Å²) < 4.78 is 0.730. The van der Waals surface area contributed by atoms with E-state index in [1.54, 1.807) is 25.1 Å². The topological polar surface area (TPSA) is 70.2 Å². The lowest BCUT2D eigenvalue weighted by Crippen LogP contribution is -2.44. The van der Waals surface area contributed by atoms with Gasteiger partial charge in [0.05, 0.1) is 5.02 Å². The van der Waals surface area contributed by atoms with Crippen LogP contribution in [0.15, 0.2) is 22.7 Å². The van der Waals surface area contributed by atoms with Crippen LogP contribution in [0.25, 0.3) is 0 Å². The van der Waals surface area contributed by atoms with Crippen molar-refractivity contribution in [3.63, 3.8) is 0 Å². The maximum atomic E-state index is 11.6. The van der Waals surface area contributed by atoms with Crippen LogP contribution in [-0.4, -0.2) is 25.0 Å². The Bertz CT molecular complexity index is 468. The quantitative estimate of drug-likeness (QED) is 0.795. The SMILES string of the molecule is CNC(=O)NC(=O)C(C)Nc1ccc(Cl)c(Br)c1. The van der Waals surface area contributed by atoms with Crippen LogP contribution < -0.4 is 16.0 Å². The zero-order chi connectivity index (χ0) is 13.7. The first-order valence-electron chi connectivity index (χ1n) is 5.18. The van der Waals surface area contributed by atoms with Gasteiger partial charge in [0.2, 0.25) is 5.91 Å². The van der Waals surface area contributed by atoms with Crippen molar-refractivity contribution >= 4 is 45.2 Å². The van der Waals surface area contributed by atoms with E-state index in [4.69, 9.17) is 11.6 Å². The number of hydrogen-bond donors (Lipinski definition) is 3. The van der Waals surface area contributed by atoms with E-state index in [9.17, 15) is 9.59 Å². The molecule has 0 saturated carbocycles. The van der Waals surface area contributed by atoms with Gasteiger partial charge in [-0.1, -0.05) is 11.6 Å². The first kappa shape index (κ1) is 14.8. The molecular weight excluding hydrogens is 321 g/mol. The van der Waals surface area contributed by atoms with E-state index >= 15 is 0 Å². The molecule has 0 radical (unpaired) electrons. The number of carbonyl (C=O) groups is 2. The van der Waals surface area contributed by atoms with Crippen molar-refractivity contribution in [3.05, 3.63) is 27.7 Å². The molecule has 0 heterocycles. The Morgan fingerprint density at radius 3 is 2.61 bits per heavy atom. The number of rotatable bonds is 3. The lowest BCUT2D eigenvalue weighted by Gasteiger charge is -2.14. The largest absolute Gasteiger partial charge is 0.374 e. The first-order valence-corrected chi connectivity index (χ1v) is 6.35. The molecule has 0 bridgehead atoms. The maximum absolute atomic E-state index is 11.6. The molecule has 0 fully saturated rings. The van der Waals surface area contributed by atoms with E-state index in [0.717, 1.165) is 10.2 Å². The van der Waals surface area contributed by atoms with Gasteiger partial charge in [0.25, 0.3) is 0 Å². The summed E-state index contributed by atoms with van der Waals surface area (Å²) in [6.07, 6.45) is 0. The molecule has 1 rings (SSSR count). The fourth-order valence-electron chi connectivity index (χ4n) is 1.18. The molecule has 98 valence electrons. The van der Waals surface area contributed by atoms with Crippen LogP contribution in [0.5, 0.6) is 0 Å². The maximum Gasteiger partial charge on any atom is 0.321 e. The Morgan fingerprint density at radius 1 is 1.39 bits per heavy atom. The fourth-order valence-corrected chi connectivity index (χ4v) is 1.68. The van der Waals surface area contributed by atoms with Crippen LogP contribution in [-0.2, 0) is 4.79 Å². The summed E-state index contributed by atoms with van der Waals surface area (Å²) in [6, 6.07) is 4.13. The summed E-state index contributed by atoms with van der Waals surface area (Å²) in [6.45, 7) is 1.65. The number of imide groups is 1. The summed E-state index contributed by atoms with van der Waals surface area (Å²) in [4.78, 5) is 22.6. The van der Waals surface area contributed by atoms with Gasteiger partial charge in [-0.05, 0) is 41.1 Å². The smallest absolute Gasteiger partial charge is 0.321 e. The number of carbonyl (C=O) groups excluding carboxylic acids is 2. The van der Waals surface area contributed by atoms with E-state index < -0.39 is 18.0 Å². The summed E-state index contributed by atoms with van der Waals surface area (Å²) in [7, 11) is 1.44. The molecule has 1 unspecified atom stereocenters. The zero-order valence-electron chi connectivity index (χ0n) is 9.88. The Labute approximate surface area is 118 Å². The molecule has 3 N–H and O–H groups in total. The Hall–Kier alpha value is -1.27. The Morgan fingerprint density at radius 2 is 2.06 bits per heavy atom. The molecule has 0 aliphatic rings. The minimum absolute atomic E-state index is 0.416. The average molecular weight is 335 g/mol. The molecular formula is C11H13BrClN3O2. The number of halogens is 2. The number of amides is 3. The van der Waals surface area contributed by atoms with Crippen molar-refractivity contribution in [1.82, 2.24) is 10.6 Å². The van der Waals surface area contributed by atoms with Crippen LogP contribution in [0, 0.1) is 0 Å². The molecule has 0 aliphatic carbocycles. The van der Waals surface area contributed by atoms with Gasteiger partial charge < -0.3 is 10.6 Å². The van der Waals surface area contributed by atoms with Crippen molar-refractivity contribution in [2.45, 2.75) is 13.0 Å². The number of benzene rings is 1. The van der Waals surface area contributed by atoms with Crippen molar-refractivity contribution in [1.29, 1.82) is 0 Å². The molecule has 5 nitrogen and oxygen atoms in total. The van der Waals surface area contributed by atoms with Gasteiger partial charge >= 0.3 is 6.03 Å². The molecule has 1 aromatic rings. The van der Waals surface area contributed by atoms with E-state index in [1.165, 1.54) is 7.05 Å². The fraction of sp³-hybridized carbons (Fsp3) is 0.273. The number of urea groups is 1. The monoisotopic (exact) mass is 333 g/mol. The third-order valence-corrected chi connectivity index (χ3v) is 3.37. The second-order valence-corrected chi connectivity index (χ2v) is 4.82. The van der Waals surface area contributed by atoms with E-state index in [2.05, 4.69) is 31.9 Å². The summed E-state index contributed by atoms with van der Waals surface area (Å²) in [5.74, 6) is -0.416. The number of hydrogen-bond acceptors (Lipinski definition) is 3. The highest BCUT2D eigenvalue weighted by atomic mass is 79.9. The third-order valence-electron chi connectivity index (χ3n) is 2.16. The van der Waals surface area contributed by atoms with Crippen LogP contribution in [0.1, 0.15) is 6.92 Å². The molecule has 3 amide bonds. The van der Waals surface area contributed by atoms with Crippen LogP contribution in [0.2, 0.25) is 5.02 Å². The number of nitrogens with one attached hydrogen (secondary N) is 3. The lowest BCUT2D eigenvalue weighted by molar-refractivity contribution is -0.120. The highest BCUT2D eigenvalue weighted by Gasteiger charge is 2.15. The first-order chi connectivity index (χ1) is 8.43. The molecule has 7 heteroatoms. The van der Waals surface area contributed by atoms with Gasteiger partial charge in [-0.15, -0.1) is 0 Å². The Kier molecular flexibility index (Phi) is 5.43. The van der Waals surface area contributed by atoms with Gasteiger partial charge in [0.1, 0.15) is 6.04 Å². The van der Waals surface area contributed by atoms with Gasteiger partial charge in [-0.2, -0.15) is 0 Å². The van der Waals surface area contributed by atoms with Crippen molar-refractivity contribution in [2.75, 3.05) is 12.4 Å². The van der Waals surface area contributed by atoms with Crippen molar-refractivity contribution in [2.24, 2.45) is 0 Å². The zero-order valence-corrected chi connectivity index (χ0v) is 12.2. The van der Waals surface area contributed by atoms with Crippen molar-refractivity contribution in [3.8, 4) is 0 Å². The summed E-state index contributed by atoms with van der Waals surface area (Å²) in [5, 5.41) is 8.04. The molecule has 0 saturated heterocycles. The van der Waals surface area contributed by atoms with Crippen LogP contribution in [0.4, 0.5) is 10.5 Å². The lowest BCUT2D eigenvalue weighted by atomic mass is 10.2. The minimum atomic E-state index is -0.546. The second-order valence-electron chi connectivity index (χ2n) is 3.56.